The van der Waals surface area contributed by atoms with E-state index in [1.807, 2.05) is 0 Å². The maximum atomic E-state index is 12.3. The number of carbonyl (C=O) groups is 3. The van der Waals surface area contributed by atoms with Crippen LogP contribution in [0, 0.1) is 0 Å². The van der Waals surface area contributed by atoms with Crippen molar-refractivity contribution in [1.82, 2.24) is 25.2 Å². The summed E-state index contributed by atoms with van der Waals surface area (Å²) in [4.78, 5) is 40.5. The first-order valence-corrected chi connectivity index (χ1v) is 9.88. The molecule has 3 N–H and O–H groups in total. The number of nitrogens with zero attached hydrogens (tertiary/aromatic N) is 3. The largest absolute Gasteiger partial charge is 0.496 e. The van der Waals surface area contributed by atoms with Crippen molar-refractivity contribution >= 4 is 34.9 Å². The summed E-state index contributed by atoms with van der Waals surface area (Å²) in [6.07, 6.45) is 2.84. The fourth-order valence-electron chi connectivity index (χ4n) is 2.57. The molecule has 0 unspecified atom stereocenters. The number of ether oxygens (including phenoxy) is 1. The zero-order valence-corrected chi connectivity index (χ0v) is 17.8. The van der Waals surface area contributed by atoms with Gasteiger partial charge in [-0.1, -0.05) is 4.49 Å². The Kier molecular flexibility index (Phi) is 6.60. The molecule has 0 saturated carbocycles. The number of benzene rings is 1. The average molecular weight is 444 g/mol. The molecule has 162 valence electrons. The quantitative estimate of drug-likeness (QED) is 0.464. The van der Waals surface area contributed by atoms with Crippen molar-refractivity contribution in [2.24, 2.45) is 0 Å². The highest BCUT2D eigenvalue weighted by Gasteiger charge is 2.26. The van der Waals surface area contributed by atoms with Gasteiger partial charge >= 0.3 is 11.8 Å². The lowest BCUT2D eigenvalue weighted by Crippen LogP contribution is -2.54. The Morgan fingerprint density at radius 3 is 2.68 bits per heavy atom. The lowest BCUT2D eigenvalue weighted by molar-refractivity contribution is -0.137. The van der Waals surface area contributed by atoms with E-state index in [0.717, 1.165) is 11.5 Å². The van der Waals surface area contributed by atoms with E-state index in [-0.39, 0.29) is 12.2 Å². The van der Waals surface area contributed by atoms with Gasteiger partial charge in [-0.2, -0.15) is 0 Å². The summed E-state index contributed by atoms with van der Waals surface area (Å²) in [5, 5.41) is 12.9. The first-order valence-electron chi connectivity index (χ1n) is 9.05. The Morgan fingerprint density at radius 1 is 1.23 bits per heavy atom. The fraction of sp³-hybridized carbons (Fsp3) is 0.263. The van der Waals surface area contributed by atoms with E-state index in [0.29, 0.717) is 22.8 Å². The van der Waals surface area contributed by atoms with Gasteiger partial charge in [0.15, 0.2) is 17.8 Å². The van der Waals surface area contributed by atoms with Crippen molar-refractivity contribution in [3.63, 3.8) is 0 Å². The Hall–Kier alpha value is -3.80. The molecule has 11 nitrogen and oxygen atoms in total. The van der Waals surface area contributed by atoms with Gasteiger partial charge < -0.3 is 25.1 Å². The number of carbonyl (C=O) groups excluding carboxylic acids is 3. The Balaban J connectivity index is 1.58. The number of hydrogen-bond donors (Lipinski definition) is 3. The summed E-state index contributed by atoms with van der Waals surface area (Å²) in [6, 6.07) is 4.86. The molecule has 2 aromatic heterocycles. The van der Waals surface area contributed by atoms with Crippen LogP contribution in [0.1, 0.15) is 24.3 Å². The van der Waals surface area contributed by atoms with Gasteiger partial charge in [0.1, 0.15) is 5.75 Å². The molecule has 31 heavy (non-hydrogen) atoms. The van der Waals surface area contributed by atoms with Gasteiger partial charge in [0.25, 0.3) is 5.91 Å². The highest BCUT2D eigenvalue weighted by Crippen LogP contribution is 2.32. The first-order chi connectivity index (χ1) is 14.8. The molecule has 0 fully saturated rings. The third-order valence-electron chi connectivity index (χ3n) is 4.10. The molecule has 2 heterocycles. The maximum Gasteiger partial charge on any atom is 0.313 e. The highest BCUT2D eigenvalue weighted by atomic mass is 32.1. The molecule has 12 heteroatoms. The predicted molar refractivity (Wildman–Crippen MR) is 112 cm³/mol. The van der Waals surface area contributed by atoms with Crippen LogP contribution in [-0.4, -0.2) is 51.5 Å². The van der Waals surface area contributed by atoms with Crippen LogP contribution in [0.3, 0.4) is 0 Å². The van der Waals surface area contributed by atoms with Gasteiger partial charge in [0, 0.05) is 23.7 Å². The molecular formula is C19H20N6O5S. The molecule has 0 bridgehead atoms. The minimum Gasteiger partial charge on any atom is -0.496 e. The topological polar surface area (TPSA) is 148 Å². The average Bonchev–Trinajstić information content (AvgIpc) is 3.45. The molecule has 0 atom stereocenters. The molecule has 0 spiro atoms. The number of rotatable bonds is 7. The molecule has 0 aliphatic rings. The van der Waals surface area contributed by atoms with Crippen LogP contribution >= 0.6 is 11.5 Å². The van der Waals surface area contributed by atoms with Gasteiger partial charge in [0.05, 0.1) is 24.4 Å². The Bertz CT molecular complexity index is 1070. The molecule has 0 aliphatic heterocycles. The van der Waals surface area contributed by atoms with Crippen LogP contribution < -0.4 is 20.7 Å². The zero-order chi connectivity index (χ0) is 22.4. The molecule has 3 aromatic rings. The number of amides is 3. The van der Waals surface area contributed by atoms with Crippen LogP contribution in [0.15, 0.2) is 40.6 Å². The van der Waals surface area contributed by atoms with Crippen LogP contribution in [-0.2, 0) is 9.59 Å². The first kappa shape index (κ1) is 21.9. The van der Waals surface area contributed by atoms with Crippen LogP contribution in [0.2, 0.25) is 0 Å². The zero-order valence-electron chi connectivity index (χ0n) is 17.0. The Labute approximate surface area is 181 Å². The van der Waals surface area contributed by atoms with E-state index < -0.39 is 23.3 Å². The van der Waals surface area contributed by atoms with E-state index in [2.05, 4.69) is 30.5 Å². The van der Waals surface area contributed by atoms with Gasteiger partial charge in [-0.15, -0.1) is 5.10 Å². The number of aromatic nitrogens is 3. The van der Waals surface area contributed by atoms with E-state index in [4.69, 9.17) is 9.15 Å². The van der Waals surface area contributed by atoms with Crippen molar-refractivity contribution in [1.29, 1.82) is 0 Å². The van der Waals surface area contributed by atoms with Crippen LogP contribution in [0.25, 0.3) is 11.3 Å². The van der Waals surface area contributed by atoms with Crippen molar-refractivity contribution in [3.8, 4) is 17.1 Å². The number of hydrogen-bond acceptors (Lipinski definition) is 9. The second kappa shape index (κ2) is 9.34. The smallest absolute Gasteiger partial charge is 0.313 e. The van der Waals surface area contributed by atoms with E-state index in [1.54, 1.807) is 32.0 Å². The van der Waals surface area contributed by atoms with E-state index in [9.17, 15) is 14.4 Å². The summed E-state index contributed by atoms with van der Waals surface area (Å²) < 4.78 is 14.2. The van der Waals surface area contributed by atoms with Gasteiger partial charge in [-0.25, -0.2) is 4.98 Å². The highest BCUT2D eigenvalue weighted by molar-refractivity contribution is 7.03. The van der Waals surface area contributed by atoms with Crippen molar-refractivity contribution < 1.29 is 23.5 Å². The van der Waals surface area contributed by atoms with Gasteiger partial charge in [0.2, 0.25) is 0 Å². The van der Waals surface area contributed by atoms with Crippen molar-refractivity contribution in [2.45, 2.75) is 19.4 Å². The summed E-state index contributed by atoms with van der Waals surface area (Å²) in [5.41, 5.74) is 0.311. The molecule has 0 saturated heterocycles. The third-order valence-corrected chi connectivity index (χ3v) is 4.60. The third kappa shape index (κ3) is 5.63. The summed E-state index contributed by atoms with van der Waals surface area (Å²) in [7, 11) is 1.48. The second-order valence-corrected chi connectivity index (χ2v) is 7.66. The fourth-order valence-corrected chi connectivity index (χ4v) is 3.01. The number of anilines is 1. The molecular weight excluding hydrogens is 424 g/mol. The molecule has 3 rings (SSSR count). The number of nitrogens with one attached hydrogen (secondary N) is 3. The molecule has 1 aromatic carbocycles. The summed E-state index contributed by atoms with van der Waals surface area (Å²) >= 11 is 1.06. The van der Waals surface area contributed by atoms with Crippen molar-refractivity contribution in [3.05, 3.63) is 41.9 Å². The van der Waals surface area contributed by atoms with E-state index >= 15 is 0 Å². The summed E-state index contributed by atoms with van der Waals surface area (Å²) in [6.45, 7) is 3.43. The monoisotopic (exact) mass is 444 g/mol. The van der Waals surface area contributed by atoms with Gasteiger partial charge in [-0.05, 0) is 37.5 Å². The standard InChI is InChI=1S/C19H20N6O5S/c1-19(2,9-21-16(26)13-8-31-25-24-13)23-18(28)17(27)22-11-4-5-12(14(6-11)29-3)15-7-20-10-30-15/h4-8,10H,9H2,1-3H3,(H,21,26)(H,22,27)(H,23,28). The maximum absolute atomic E-state index is 12.3. The van der Waals surface area contributed by atoms with Crippen LogP contribution in [0.5, 0.6) is 5.75 Å². The minimum absolute atomic E-state index is 0.0854. The lowest BCUT2D eigenvalue weighted by Gasteiger charge is -2.26. The SMILES string of the molecule is COc1cc(NC(=O)C(=O)NC(C)(C)CNC(=O)c2csnn2)ccc1-c1cnco1. The number of methoxy groups -OCH3 is 1. The van der Waals surface area contributed by atoms with Gasteiger partial charge in [-0.3, -0.25) is 14.4 Å². The minimum atomic E-state index is -0.888. The molecule has 0 aliphatic carbocycles. The van der Waals surface area contributed by atoms with E-state index in [1.165, 1.54) is 25.1 Å². The number of oxazole rings is 1. The second-order valence-electron chi connectivity index (χ2n) is 7.05. The normalized spacial score (nSPS) is 10.9. The summed E-state index contributed by atoms with van der Waals surface area (Å²) in [5.74, 6) is -1.19. The Morgan fingerprint density at radius 2 is 2.03 bits per heavy atom. The molecule has 0 radical (unpaired) electrons. The lowest BCUT2D eigenvalue weighted by atomic mass is 10.1. The van der Waals surface area contributed by atoms with Crippen LogP contribution in [0.4, 0.5) is 5.69 Å². The molecule has 3 amide bonds. The predicted octanol–water partition coefficient (Wildman–Crippen LogP) is 1.46. The van der Waals surface area contributed by atoms with Crippen molar-refractivity contribution in [2.75, 3.05) is 19.0 Å².